The highest BCUT2D eigenvalue weighted by atomic mass is 15.2. The standard InChI is InChI=1S/C15H27N3/c1-7-12(2)18(6)14-10-13(8-9-16-14)11-17-15(3,4)5/h8-10,12,17H,7,11H2,1-6H3. The van der Waals surface area contributed by atoms with Crippen molar-refractivity contribution in [1.82, 2.24) is 10.3 Å². The van der Waals surface area contributed by atoms with E-state index in [0.29, 0.717) is 6.04 Å². The number of hydrogen-bond acceptors (Lipinski definition) is 3. The number of pyridine rings is 1. The van der Waals surface area contributed by atoms with Gasteiger partial charge in [-0.15, -0.1) is 0 Å². The van der Waals surface area contributed by atoms with Crippen molar-refractivity contribution in [1.29, 1.82) is 0 Å². The molecule has 1 atom stereocenters. The van der Waals surface area contributed by atoms with Gasteiger partial charge in [-0.1, -0.05) is 6.92 Å². The van der Waals surface area contributed by atoms with Gasteiger partial charge in [0.1, 0.15) is 5.82 Å². The normalized spacial score (nSPS) is 13.4. The lowest BCUT2D eigenvalue weighted by Gasteiger charge is -2.26. The van der Waals surface area contributed by atoms with E-state index in [4.69, 9.17) is 0 Å². The molecule has 1 unspecified atom stereocenters. The first-order chi connectivity index (χ1) is 8.33. The zero-order valence-electron chi connectivity index (χ0n) is 12.6. The summed E-state index contributed by atoms with van der Waals surface area (Å²) in [4.78, 5) is 6.69. The Morgan fingerprint density at radius 1 is 1.39 bits per heavy atom. The fourth-order valence-electron chi connectivity index (χ4n) is 1.63. The molecule has 1 heterocycles. The fourth-order valence-corrected chi connectivity index (χ4v) is 1.63. The second-order valence-electron chi connectivity index (χ2n) is 5.99. The summed E-state index contributed by atoms with van der Waals surface area (Å²) < 4.78 is 0. The quantitative estimate of drug-likeness (QED) is 0.868. The molecule has 102 valence electrons. The molecule has 0 amide bonds. The Labute approximate surface area is 112 Å². The number of nitrogens with one attached hydrogen (secondary N) is 1. The van der Waals surface area contributed by atoms with Gasteiger partial charge in [-0.05, 0) is 51.8 Å². The number of rotatable bonds is 5. The predicted molar refractivity (Wildman–Crippen MR) is 79.0 cm³/mol. The van der Waals surface area contributed by atoms with Crippen LogP contribution in [0.3, 0.4) is 0 Å². The first kappa shape index (κ1) is 15.0. The van der Waals surface area contributed by atoms with E-state index in [2.05, 4.69) is 69.0 Å². The van der Waals surface area contributed by atoms with Gasteiger partial charge in [0.15, 0.2) is 0 Å². The summed E-state index contributed by atoms with van der Waals surface area (Å²) >= 11 is 0. The SMILES string of the molecule is CCC(C)N(C)c1cc(CNC(C)(C)C)ccn1. The average molecular weight is 249 g/mol. The van der Waals surface area contributed by atoms with Crippen molar-refractivity contribution in [2.24, 2.45) is 0 Å². The fraction of sp³-hybridized carbons (Fsp3) is 0.667. The second kappa shape index (κ2) is 6.19. The van der Waals surface area contributed by atoms with Crippen molar-refractivity contribution >= 4 is 5.82 Å². The molecule has 0 radical (unpaired) electrons. The van der Waals surface area contributed by atoms with Crippen molar-refractivity contribution in [3.8, 4) is 0 Å². The highest BCUT2D eigenvalue weighted by Gasteiger charge is 2.11. The smallest absolute Gasteiger partial charge is 0.128 e. The van der Waals surface area contributed by atoms with E-state index in [1.807, 2.05) is 6.20 Å². The van der Waals surface area contributed by atoms with Crippen LogP contribution in [0.2, 0.25) is 0 Å². The van der Waals surface area contributed by atoms with Gasteiger partial charge in [-0.3, -0.25) is 0 Å². The lowest BCUT2D eigenvalue weighted by molar-refractivity contribution is 0.424. The van der Waals surface area contributed by atoms with Crippen LogP contribution in [0.25, 0.3) is 0 Å². The van der Waals surface area contributed by atoms with Crippen molar-refractivity contribution in [2.45, 2.75) is 59.2 Å². The van der Waals surface area contributed by atoms with Crippen molar-refractivity contribution in [2.75, 3.05) is 11.9 Å². The predicted octanol–water partition coefficient (Wildman–Crippen LogP) is 3.20. The van der Waals surface area contributed by atoms with Gasteiger partial charge < -0.3 is 10.2 Å². The number of hydrogen-bond donors (Lipinski definition) is 1. The molecule has 0 spiro atoms. The molecule has 3 nitrogen and oxygen atoms in total. The van der Waals surface area contributed by atoms with Crippen LogP contribution in [0, 0.1) is 0 Å². The van der Waals surface area contributed by atoms with E-state index >= 15 is 0 Å². The number of anilines is 1. The summed E-state index contributed by atoms with van der Waals surface area (Å²) in [6.45, 7) is 11.8. The summed E-state index contributed by atoms with van der Waals surface area (Å²) in [6, 6.07) is 4.76. The Hall–Kier alpha value is -1.09. The molecule has 0 fully saturated rings. The molecule has 1 N–H and O–H groups in total. The van der Waals surface area contributed by atoms with Crippen molar-refractivity contribution < 1.29 is 0 Å². The zero-order valence-corrected chi connectivity index (χ0v) is 12.6. The van der Waals surface area contributed by atoms with E-state index in [0.717, 1.165) is 18.8 Å². The summed E-state index contributed by atoms with van der Waals surface area (Å²) in [5, 5.41) is 3.50. The monoisotopic (exact) mass is 249 g/mol. The molecule has 0 saturated carbocycles. The number of aromatic nitrogens is 1. The zero-order chi connectivity index (χ0) is 13.8. The first-order valence-electron chi connectivity index (χ1n) is 6.76. The van der Waals surface area contributed by atoms with Gasteiger partial charge in [-0.25, -0.2) is 4.98 Å². The maximum absolute atomic E-state index is 4.45. The molecule has 1 aromatic heterocycles. The molecular weight excluding hydrogens is 222 g/mol. The highest BCUT2D eigenvalue weighted by Crippen LogP contribution is 2.15. The summed E-state index contributed by atoms with van der Waals surface area (Å²) in [5.74, 6) is 1.05. The van der Waals surface area contributed by atoms with Gasteiger partial charge in [0, 0.05) is 31.4 Å². The van der Waals surface area contributed by atoms with Gasteiger partial charge in [0.05, 0.1) is 0 Å². The molecule has 0 aliphatic rings. The van der Waals surface area contributed by atoms with Crippen molar-refractivity contribution in [3.05, 3.63) is 23.9 Å². The Balaban J connectivity index is 2.73. The summed E-state index contributed by atoms with van der Waals surface area (Å²) in [5.41, 5.74) is 1.43. The average Bonchev–Trinajstić information content (AvgIpc) is 2.34. The van der Waals surface area contributed by atoms with Crippen LogP contribution in [0.15, 0.2) is 18.3 Å². The molecule has 0 aromatic carbocycles. The molecule has 0 saturated heterocycles. The second-order valence-corrected chi connectivity index (χ2v) is 5.99. The van der Waals surface area contributed by atoms with Gasteiger partial charge in [0.25, 0.3) is 0 Å². The van der Waals surface area contributed by atoms with Crippen LogP contribution in [0.5, 0.6) is 0 Å². The van der Waals surface area contributed by atoms with E-state index in [1.165, 1.54) is 5.56 Å². The van der Waals surface area contributed by atoms with Gasteiger partial charge in [-0.2, -0.15) is 0 Å². The first-order valence-corrected chi connectivity index (χ1v) is 6.76. The van der Waals surface area contributed by atoms with Crippen molar-refractivity contribution in [3.63, 3.8) is 0 Å². The molecule has 0 aliphatic carbocycles. The molecule has 0 aliphatic heterocycles. The minimum Gasteiger partial charge on any atom is -0.357 e. The Morgan fingerprint density at radius 3 is 2.61 bits per heavy atom. The lowest BCUT2D eigenvalue weighted by Crippen LogP contribution is -2.35. The van der Waals surface area contributed by atoms with Crippen LogP contribution in [0.1, 0.15) is 46.6 Å². The molecular formula is C15H27N3. The third kappa shape index (κ3) is 4.65. The molecule has 1 rings (SSSR count). The Kier molecular flexibility index (Phi) is 5.15. The molecule has 0 bridgehead atoms. The van der Waals surface area contributed by atoms with E-state index in [9.17, 15) is 0 Å². The Morgan fingerprint density at radius 2 is 2.06 bits per heavy atom. The van der Waals surface area contributed by atoms with Gasteiger partial charge in [0.2, 0.25) is 0 Å². The van der Waals surface area contributed by atoms with Crippen LogP contribution in [0.4, 0.5) is 5.82 Å². The summed E-state index contributed by atoms with van der Waals surface area (Å²) in [7, 11) is 2.11. The third-order valence-electron chi connectivity index (χ3n) is 3.25. The van der Waals surface area contributed by atoms with E-state index < -0.39 is 0 Å². The highest BCUT2D eigenvalue weighted by molar-refractivity contribution is 5.41. The molecule has 1 aromatic rings. The van der Waals surface area contributed by atoms with Gasteiger partial charge >= 0.3 is 0 Å². The minimum absolute atomic E-state index is 0.145. The van der Waals surface area contributed by atoms with Crippen LogP contribution >= 0.6 is 0 Å². The third-order valence-corrected chi connectivity index (χ3v) is 3.25. The molecule has 18 heavy (non-hydrogen) atoms. The Bertz CT molecular complexity index is 368. The maximum atomic E-state index is 4.45. The summed E-state index contributed by atoms with van der Waals surface area (Å²) in [6.07, 6.45) is 3.02. The minimum atomic E-state index is 0.145. The van der Waals surface area contributed by atoms with Crippen LogP contribution in [-0.2, 0) is 6.54 Å². The molecule has 3 heteroatoms. The lowest BCUT2D eigenvalue weighted by atomic mass is 10.1. The van der Waals surface area contributed by atoms with Crippen LogP contribution in [-0.4, -0.2) is 23.6 Å². The maximum Gasteiger partial charge on any atom is 0.128 e. The number of nitrogens with zero attached hydrogens (tertiary/aromatic N) is 2. The van der Waals surface area contributed by atoms with E-state index in [1.54, 1.807) is 0 Å². The largest absolute Gasteiger partial charge is 0.357 e. The topological polar surface area (TPSA) is 28.2 Å². The van der Waals surface area contributed by atoms with E-state index in [-0.39, 0.29) is 5.54 Å². The van der Waals surface area contributed by atoms with Crippen LogP contribution < -0.4 is 10.2 Å².